The van der Waals surface area contributed by atoms with Gasteiger partial charge in [-0.2, -0.15) is 5.10 Å². The van der Waals surface area contributed by atoms with E-state index in [4.69, 9.17) is 0 Å². The van der Waals surface area contributed by atoms with Gasteiger partial charge in [0.25, 0.3) is 5.91 Å². The summed E-state index contributed by atoms with van der Waals surface area (Å²) in [4.78, 5) is 14.7. The number of aryl methyl sites for hydroxylation is 1. The molecule has 4 heteroatoms. The summed E-state index contributed by atoms with van der Waals surface area (Å²) in [6.45, 7) is 6.87. The Labute approximate surface area is 154 Å². The van der Waals surface area contributed by atoms with E-state index in [9.17, 15) is 4.79 Å². The van der Waals surface area contributed by atoms with Crippen molar-refractivity contribution in [2.45, 2.75) is 13.3 Å². The minimum atomic E-state index is -0.0707. The van der Waals surface area contributed by atoms with E-state index < -0.39 is 0 Å². The number of aromatic nitrogens is 2. The lowest BCUT2D eigenvalue weighted by Crippen LogP contribution is -2.33. The lowest BCUT2D eigenvalue weighted by molar-refractivity contribution is 0.0769. The zero-order valence-corrected chi connectivity index (χ0v) is 15.0. The topological polar surface area (TPSA) is 38.1 Å². The van der Waals surface area contributed by atoms with Crippen LogP contribution in [-0.4, -0.2) is 33.7 Å². The van der Waals surface area contributed by atoms with Gasteiger partial charge in [-0.25, -0.2) is 4.68 Å². The SMILES string of the molecule is C=CCN(CCc1ccccc1)C(=O)c1cc(C)n(-c2ccccc2)n1. The second kappa shape index (κ2) is 8.30. The monoisotopic (exact) mass is 345 g/mol. The Morgan fingerprint density at radius 1 is 1.12 bits per heavy atom. The molecule has 3 rings (SSSR count). The number of para-hydroxylation sites is 1. The first-order chi connectivity index (χ1) is 12.7. The van der Waals surface area contributed by atoms with Gasteiger partial charge in [-0.1, -0.05) is 54.6 Å². The van der Waals surface area contributed by atoms with E-state index in [1.165, 1.54) is 5.56 Å². The van der Waals surface area contributed by atoms with Crippen LogP contribution in [0.2, 0.25) is 0 Å². The third-order valence-corrected chi connectivity index (χ3v) is 4.26. The van der Waals surface area contributed by atoms with Gasteiger partial charge >= 0.3 is 0 Å². The molecule has 0 N–H and O–H groups in total. The average Bonchev–Trinajstić information content (AvgIpc) is 3.08. The standard InChI is InChI=1S/C22H23N3O/c1-3-15-24(16-14-19-10-6-4-7-11-19)22(26)21-17-18(2)25(23-21)20-12-8-5-9-13-20/h3-13,17H,1,14-16H2,2H3. The molecule has 0 saturated carbocycles. The van der Waals surface area contributed by atoms with Crippen LogP contribution in [0.3, 0.4) is 0 Å². The molecule has 26 heavy (non-hydrogen) atoms. The highest BCUT2D eigenvalue weighted by atomic mass is 16.2. The summed E-state index contributed by atoms with van der Waals surface area (Å²) in [7, 11) is 0. The summed E-state index contributed by atoms with van der Waals surface area (Å²) in [6.07, 6.45) is 2.56. The summed E-state index contributed by atoms with van der Waals surface area (Å²) in [5, 5.41) is 4.53. The predicted molar refractivity (Wildman–Crippen MR) is 105 cm³/mol. The summed E-state index contributed by atoms with van der Waals surface area (Å²) < 4.78 is 1.80. The van der Waals surface area contributed by atoms with Crippen molar-refractivity contribution in [1.29, 1.82) is 0 Å². The van der Waals surface area contributed by atoms with Crippen LogP contribution >= 0.6 is 0 Å². The molecule has 1 amide bonds. The first kappa shape index (κ1) is 17.7. The minimum Gasteiger partial charge on any atom is -0.333 e. The lowest BCUT2D eigenvalue weighted by Gasteiger charge is -2.20. The molecule has 0 saturated heterocycles. The fourth-order valence-corrected chi connectivity index (χ4v) is 2.91. The van der Waals surface area contributed by atoms with Gasteiger partial charge in [0.1, 0.15) is 0 Å². The van der Waals surface area contributed by atoms with E-state index in [0.717, 1.165) is 17.8 Å². The number of hydrogen-bond acceptors (Lipinski definition) is 2. The molecule has 0 radical (unpaired) electrons. The summed E-state index contributed by atoms with van der Waals surface area (Å²) >= 11 is 0. The highest BCUT2D eigenvalue weighted by Crippen LogP contribution is 2.14. The fourth-order valence-electron chi connectivity index (χ4n) is 2.91. The lowest BCUT2D eigenvalue weighted by atomic mass is 10.1. The molecule has 1 heterocycles. The molecule has 0 unspecified atom stereocenters. The smallest absolute Gasteiger partial charge is 0.274 e. The van der Waals surface area contributed by atoms with Crippen molar-refractivity contribution in [3.8, 4) is 5.69 Å². The maximum Gasteiger partial charge on any atom is 0.274 e. The van der Waals surface area contributed by atoms with Gasteiger partial charge in [0.05, 0.1) is 5.69 Å². The van der Waals surface area contributed by atoms with E-state index in [1.807, 2.05) is 61.5 Å². The van der Waals surface area contributed by atoms with Crippen LogP contribution < -0.4 is 0 Å². The second-order valence-electron chi connectivity index (χ2n) is 6.19. The van der Waals surface area contributed by atoms with Crippen molar-refractivity contribution < 1.29 is 4.79 Å². The third-order valence-electron chi connectivity index (χ3n) is 4.26. The van der Waals surface area contributed by atoms with E-state index in [0.29, 0.717) is 18.8 Å². The van der Waals surface area contributed by atoms with Gasteiger partial charge < -0.3 is 4.90 Å². The van der Waals surface area contributed by atoms with Crippen molar-refractivity contribution >= 4 is 5.91 Å². The first-order valence-electron chi connectivity index (χ1n) is 8.75. The number of carbonyl (C=O) groups is 1. The predicted octanol–water partition coefficient (Wildman–Crippen LogP) is 4.05. The van der Waals surface area contributed by atoms with Crippen molar-refractivity contribution in [1.82, 2.24) is 14.7 Å². The molecule has 3 aromatic rings. The molecule has 2 aromatic carbocycles. The molecule has 0 bridgehead atoms. The highest BCUT2D eigenvalue weighted by molar-refractivity contribution is 5.92. The van der Waals surface area contributed by atoms with Crippen molar-refractivity contribution in [2.24, 2.45) is 0 Å². The Bertz CT molecular complexity index is 869. The summed E-state index contributed by atoms with van der Waals surface area (Å²) in [5.74, 6) is -0.0707. The largest absolute Gasteiger partial charge is 0.333 e. The van der Waals surface area contributed by atoms with Gasteiger partial charge in [0.2, 0.25) is 0 Å². The highest BCUT2D eigenvalue weighted by Gasteiger charge is 2.19. The maximum absolute atomic E-state index is 13.0. The molecule has 0 fully saturated rings. The minimum absolute atomic E-state index is 0.0707. The number of carbonyl (C=O) groups excluding carboxylic acids is 1. The summed E-state index contributed by atoms with van der Waals surface area (Å²) in [5.41, 5.74) is 3.55. The number of hydrogen-bond donors (Lipinski definition) is 0. The quantitative estimate of drug-likeness (QED) is 0.606. The van der Waals surface area contributed by atoms with Crippen LogP contribution in [0.4, 0.5) is 0 Å². The second-order valence-corrected chi connectivity index (χ2v) is 6.19. The zero-order chi connectivity index (χ0) is 18.4. The molecule has 132 valence electrons. The molecule has 0 atom stereocenters. The van der Waals surface area contributed by atoms with Gasteiger partial charge in [-0.3, -0.25) is 4.79 Å². The van der Waals surface area contributed by atoms with Crippen LogP contribution in [0, 0.1) is 6.92 Å². The average molecular weight is 345 g/mol. The molecular weight excluding hydrogens is 322 g/mol. The zero-order valence-electron chi connectivity index (χ0n) is 15.0. The van der Waals surface area contributed by atoms with Crippen molar-refractivity contribution in [2.75, 3.05) is 13.1 Å². The molecule has 4 nitrogen and oxygen atoms in total. The van der Waals surface area contributed by atoms with E-state index in [1.54, 1.807) is 15.7 Å². The fraction of sp³-hybridized carbons (Fsp3) is 0.182. The molecule has 1 aromatic heterocycles. The van der Waals surface area contributed by atoms with Crippen molar-refractivity contribution in [3.63, 3.8) is 0 Å². The molecule has 0 aliphatic carbocycles. The molecule has 0 spiro atoms. The summed E-state index contributed by atoms with van der Waals surface area (Å²) in [6, 6.07) is 21.8. The van der Waals surface area contributed by atoms with E-state index in [2.05, 4.69) is 23.8 Å². The Kier molecular flexibility index (Phi) is 5.64. The number of benzene rings is 2. The van der Waals surface area contributed by atoms with Crippen LogP contribution in [0.15, 0.2) is 79.4 Å². The first-order valence-corrected chi connectivity index (χ1v) is 8.75. The number of amides is 1. The normalized spacial score (nSPS) is 10.5. The van der Waals surface area contributed by atoms with Crippen LogP contribution in [0.5, 0.6) is 0 Å². The maximum atomic E-state index is 13.0. The Hall–Kier alpha value is -3.14. The van der Waals surface area contributed by atoms with Gasteiger partial charge in [-0.15, -0.1) is 6.58 Å². The van der Waals surface area contributed by atoms with E-state index >= 15 is 0 Å². The number of rotatable bonds is 7. The van der Waals surface area contributed by atoms with Gasteiger partial charge in [-0.05, 0) is 37.1 Å². The Morgan fingerprint density at radius 2 is 1.77 bits per heavy atom. The molecule has 0 aliphatic heterocycles. The van der Waals surface area contributed by atoms with E-state index in [-0.39, 0.29) is 5.91 Å². The van der Waals surface area contributed by atoms with Crippen LogP contribution in [0.1, 0.15) is 21.7 Å². The van der Waals surface area contributed by atoms with Gasteiger partial charge in [0.15, 0.2) is 5.69 Å². The van der Waals surface area contributed by atoms with Crippen LogP contribution in [0.25, 0.3) is 5.69 Å². The molecular formula is C22H23N3O. The Morgan fingerprint density at radius 3 is 2.42 bits per heavy atom. The van der Waals surface area contributed by atoms with Crippen molar-refractivity contribution in [3.05, 3.63) is 96.3 Å². The third kappa shape index (κ3) is 4.09. The molecule has 0 aliphatic rings. The van der Waals surface area contributed by atoms with Gasteiger partial charge in [0, 0.05) is 18.8 Å². The number of nitrogens with zero attached hydrogens (tertiary/aromatic N) is 3. The Balaban J connectivity index is 1.78. The van der Waals surface area contributed by atoms with Crippen LogP contribution in [-0.2, 0) is 6.42 Å².